The van der Waals surface area contributed by atoms with Gasteiger partial charge in [-0.15, -0.1) is 0 Å². The Labute approximate surface area is 205 Å². The molecule has 3 aliphatic heterocycles. The molecule has 1 spiro atoms. The lowest BCUT2D eigenvalue weighted by Crippen LogP contribution is -2.62. The Bertz CT molecular complexity index is 639. The molecule has 3 heterocycles. The van der Waals surface area contributed by atoms with Crippen molar-refractivity contribution in [2.45, 2.75) is 123 Å². The molecule has 7 atom stereocenters. The molecule has 0 aromatic heterocycles. The van der Waals surface area contributed by atoms with E-state index >= 15 is 0 Å². The first-order valence-corrected chi connectivity index (χ1v) is 14.2. The van der Waals surface area contributed by atoms with Crippen LogP contribution in [0.4, 0.5) is 0 Å². The van der Waals surface area contributed by atoms with Gasteiger partial charge in [0.15, 0.2) is 0 Å². The second-order valence-electron chi connectivity index (χ2n) is 13.3. The molecule has 1 aliphatic carbocycles. The van der Waals surface area contributed by atoms with Crippen LogP contribution in [0.1, 0.15) is 81.1 Å². The first-order chi connectivity index (χ1) is 15.5. The van der Waals surface area contributed by atoms with Crippen molar-refractivity contribution in [3.8, 4) is 0 Å². The van der Waals surface area contributed by atoms with Gasteiger partial charge >= 0.3 is 0 Å². The second kappa shape index (κ2) is 10.4. The summed E-state index contributed by atoms with van der Waals surface area (Å²) < 4.78 is 6.44. The van der Waals surface area contributed by atoms with Gasteiger partial charge < -0.3 is 15.0 Å². The number of hydrogen-bond acceptors (Lipinski definition) is 5. The van der Waals surface area contributed by atoms with E-state index in [9.17, 15) is 0 Å². The zero-order chi connectivity index (χ0) is 23.9. The molecule has 4 aliphatic rings. The molecule has 3 unspecified atom stereocenters. The van der Waals surface area contributed by atoms with Crippen molar-refractivity contribution in [3.05, 3.63) is 0 Å². The highest BCUT2D eigenvalue weighted by Gasteiger charge is 2.58. The van der Waals surface area contributed by atoms with Crippen LogP contribution in [0.3, 0.4) is 0 Å². The molecule has 0 amide bonds. The van der Waals surface area contributed by atoms with Crippen LogP contribution in [0.2, 0.25) is 0 Å². The van der Waals surface area contributed by atoms with Crippen LogP contribution in [0.25, 0.3) is 0 Å². The summed E-state index contributed by atoms with van der Waals surface area (Å²) in [6.07, 6.45) is 6.06. The molecule has 33 heavy (non-hydrogen) atoms. The van der Waals surface area contributed by atoms with Gasteiger partial charge in [0.05, 0.1) is 12.2 Å². The number of piperidine rings is 1. The minimum Gasteiger partial charge on any atom is -0.373 e. The zero-order valence-electron chi connectivity index (χ0n) is 23.0. The lowest BCUT2D eigenvalue weighted by atomic mass is 9.85. The minimum absolute atomic E-state index is 0.343. The summed E-state index contributed by atoms with van der Waals surface area (Å²) in [5.74, 6) is 2.57. The molecule has 1 saturated carbocycles. The molecule has 0 radical (unpaired) electrons. The predicted octanol–water partition coefficient (Wildman–Crippen LogP) is 4.07. The maximum Gasteiger partial charge on any atom is 0.0721 e. The summed E-state index contributed by atoms with van der Waals surface area (Å²) in [6.45, 7) is 26.0. The fraction of sp³-hybridized carbons (Fsp3) is 1.00. The van der Waals surface area contributed by atoms with E-state index in [1.165, 1.54) is 45.4 Å². The van der Waals surface area contributed by atoms with Crippen molar-refractivity contribution >= 4 is 0 Å². The molecule has 0 bridgehead atoms. The van der Waals surface area contributed by atoms with Gasteiger partial charge in [-0.25, -0.2) is 0 Å². The molecule has 1 N–H and O–H groups in total. The summed E-state index contributed by atoms with van der Waals surface area (Å²) in [7, 11) is 0. The molecular formula is C28H54N4O. The lowest BCUT2D eigenvalue weighted by Gasteiger charge is -2.45. The first-order valence-electron chi connectivity index (χ1n) is 14.2. The molecular weight excluding hydrogens is 408 g/mol. The normalized spacial score (nSPS) is 41.5. The third-order valence-electron chi connectivity index (χ3n) is 9.15. The fourth-order valence-corrected chi connectivity index (χ4v) is 7.26. The van der Waals surface area contributed by atoms with E-state index < -0.39 is 0 Å². The van der Waals surface area contributed by atoms with Gasteiger partial charge in [-0.3, -0.25) is 9.80 Å². The predicted molar refractivity (Wildman–Crippen MR) is 139 cm³/mol. The number of nitrogens with one attached hydrogen (secondary N) is 1. The Hall–Kier alpha value is -0.200. The summed E-state index contributed by atoms with van der Waals surface area (Å²) in [5, 5.41) is 4.23. The molecule has 0 aromatic rings. The van der Waals surface area contributed by atoms with Crippen LogP contribution < -0.4 is 5.32 Å². The fourth-order valence-electron chi connectivity index (χ4n) is 7.26. The molecule has 192 valence electrons. The summed E-state index contributed by atoms with van der Waals surface area (Å²) in [5.41, 5.74) is 0.356. The Morgan fingerprint density at radius 1 is 0.818 bits per heavy atom. The second-order valence-corrected chi connectivity index (χ2v) is 13.3. The van der Waals surface area contributed by atoms with E-state index in [0.717, 1.165) is 37.3 Å². The highest BCUT2D eigenvalue weighted by molar-refractivity contribution is 5.16. The van der Waals surface area contributed by atoms with Gasteiger partial charge in [0, 0.05) is 69.0 Å². The standard InChI is InChI=1S/C28H54N4O/c1-19(2)30-13-22(7)9-24(15-30)10-25-12-28(25)18-32(21(5)6)16-26(29-28)11-27-17-31(20(3)4)14-23(8)33-27/h19-27,29H,9-18H2,1-8H3/t22-,23-,24-,25?,26?,27+,28?/m0/s1. The number of likely N-dealkylation sites (tertiary alicyclic amines) is 1. The van der Waals surface area contributed by atoms with Crippen LogP contribution in [0.15, 0.2) is 0 Å². The van der Waals surface area contributed by atoms with Gasteiger partial charge in [0.2, 0.25) is 0 Å². The average molecular weight is 463 g/mol. The van der Waals surface area contributed by atoms with E-state index in [1.54, 1.807) is 0 Å². The number of morpholine rings is 1. The van der Waals surface area contributed by atoms with Crippen LogP contribution in [0.5, 0.6) is 0 Å². The Balaban J connectivity index is 1.37. The van der Waals surface area contributed by atoms with E-state index in [-0.39, 0.29) is 0 Å². The maximum atomic E-state index is 6.44. The van der Waals surface area contributed by atoms with Crippen molar-refractivity contribution in [2.24, 2.45) is 17.8 Å². The van der Waals surface area contributed by atoms with Gasteiger partial charge in [-0.2, -0.15) is 0 Å². The number of ether oxygens (including phenoxy) is 1. The van der Waals surface area contributed by atoms with Crippen LogP contribution >= 0.6 is 0 Å². The van der Waals surface area contributed by atoms with Crippen LogP contribution in [0, 0.1) is 17.8 Å². The highest BCUT2D eigenvalue weighted by Crippen LogP contribution is 2.51. The molecule has 5 heteroatoms. The first kappa shape index (κ1) is 25.9. The van der Waals surface area contributed by atoms with E-state index in [4.69, 9.17) is 4.74 Å². The molecule has 0 aromatic carbocycles. The summed E-state index contributed by atoms with van der Waals surface area (Å²) in [4.78, 5) is 8.10. The number of piperazine rings is 1. The Kier molecular flexibility index (Phi) is 8.17. The van der Waals surface area contributed by atoms with Crippen LogP contribution in [-0.4, -0.2) is 95.9 Å². The smallest absolute Gasteiger partial charge is 0.0721 e. The average Bonchev–Trinajstić information content (AvgIpc) is 3.35. The molecule has 5 nitrogen and oxygen atoms in total. The third kappa shape index (κ3) is 6.33. The van der Waals surface area contributed by atoms with Crippen molar-refractivity contribution in [1.29, 1.82) is 0 Å². The number of rotatable bonds is 7. The van der Waals surface area contributed by atoms with Gasteiger partial charge in [-0.1, -0.05) is 6.92 Å². The quantitative estimate of drug-likeness (QED) is 0.616. The summed E-state index contributed by atoms with van der Waals surface area (Å²) in [6, 6.07) is 2.46. The largest absolute Gasteiger partial charge is 0.373 e. The maximum absolute atomic E-state index is 6.44. The number of nitrogens with zero attached hydrogens (tertiary/aromatic N) is 3. The van der Waals surface area contributed by atoms with E-state index in [2.05, 4.69) is 75.4 Å². The van der Waals surface area contributed by atoms with Crippen molar-refractivity contribution in [3.63, 3.8) is 0 Å². The molecule has 4 fully saturated rings. The minimum atomic E-state index is 0.343. The summed E-state index contributed by atoms with van der Waals surface area (Å²) >= 11 is 0. The van der Waals surface area contributed by atoms with E-state index in [1.807, 2.05) is 0 Å². The Morgan fingerprint density at radius 2 is 1.48 bits per heavy atom. The van der Waals surface area contributed by atoms with Crippen molar-refractivity contribution in [1.82, 2.24) is 20.0 Å². The zero-order valence-corrected chi connectivity index (χ0v) is 23.0. The topological polar surface area (TPSA) is 31.0 Å². The van der Waals surface area contributed by atoms with Gasteiger partial charge in [0.25, 0.3) is 0 Å². The lowest BCUT2D eigenvalue weighted by molar-refractivity contribution is -0.0938. The molecule has 3 saturated heterocycles. The van der Waals surface area contributed by atoms with Gasteiger partial charge in [0.1, 0.15) is 0 Å². The van der Waals surface area contributed by atoms with Crippen molar-refractivity contribution < 1.29 is 4.74 Å². The Morgan fingerprint density at radius 3 is 2.15 bits per heavy atom. The van der Waals surface area contributed by atoms with Gasteiger partial charge in [-0.05, 0) is 91.9 Å². The van der Waals surface area contributed by atoms with Crippen LogP contribution in [-0.2, 0) is 4.74 Å². The molecule has 4 rings (SSSR count). The van der Waals surface area contributed by atoms with E-state index in [0.29, 0.717) is 41.9 Å². The van der Waals surface area contributed by atoms with Crippen molar-refractivity contribution in [2.75, 3.05) is 39.3 Å². The monoisotopic (exact) mass is 462 g/mol. The SMILES string of the molecule is CC(C)N1C[C@@H](C)C[C@@H](CC2CC23CN(C(C)C)CC(C[C@@H]2CN(C(C)C)C[C@H](C)O2)N3)C1. The third-order valence-corrected chi connectivity index (χ3v) is 9.15. The highest BCUT2D eigenvalue weighted by atomic mass is 16.5. The number of hydrogen-bond donors (Lipinski definition) is 1.